The topological polar surface area (TPSA) is 69.1 Å². The molecule has 1 atom stereocenters. The lowest BCUT2D eigenvalue weighted by Crippen LogP contribution is -2.51. The largest absolute Gasteiger partial charge is 0.368 e. The van der Waals surface area contributed by atoms with E-state index in [2.05, 4.69) is 0 Å². The summed E-state index contributed by atoms with van der Waals surface area (Å²) >= 11 is 7.66. The van der Waals surface area contributed by atoms with E-state index in [0.717, 1.165) is 11.1 Å². The number of amides is 1. The zero-order chi connectivity index (χ0) is 15.3. The van der Waals surface area contributed by atoms with Crippen LogP contribution in [0.2, 0.25) is 5.02 Å². The van der Waals surface area contributed by atoms with Crippen molar-refractivity contribution in [1.29, 1.82) is 0 Å². The van der Waals surface area contributed by atoms with E-state index in [1.54, 1.807) is 11.8 Å². The Hall–Kier alpha value is -1.49. The summed E-state index contributed by atoms with van der Waals surface area (Å²) < 4.78 is 0. The number of thioether (sulfide) groups is 1. The predicted molar refractivity (Wildman–Crippen MR) is 89.1 cm³/mol. The highest BCUT2D eigenvalue weighted by Gasteiger charge is 2.33. The van der Waals surface area contributed by atoms with Gasteiger partial charge < -0.3 is 11.5 Å². The molecule has 0 heterocycles. The van der Waals surface area contributed by atoms with E-state index in [4.69, 9.17) is 23.1 Å². The highest BCUT2D eigenvalue weighted by molar-refractivity contribution is 7.98. The van der Waals surface area contributed by atoms with Crippen LogP contribution >= 0.6 is 23.4 Å². The third kappa shape index (κ3) is 3.79. The number of hydrogen-bond donors (Lipinski definition) is 2. The Morgan fingerprint density at radius 3 is 2.33 bits per heavy atom. The van der Waals surface area contributed by atoms with Crippen LogP contribution in [0.15, 0.2) is 54.6 Å². The Balaban J connectivity index is 2.08. The molecule has 0 aliphatic heterocycles. The minimum Gasteiger partial charge on any atom is -0.368 e. The second-order valence-electron chi connectivity index (χ2n) is 4.79. The Morgan fingerprint density at radius 1 is 1.10 bits per heavy atom. The minimum atomic E-state index is -1.17. The molecule has 2 aromatic carbocycles. The van der Waals surface area contributed by atoms with Crippen LogP contribution in [0, 0.1) is 0 Å². The molecular weight excluding hydrogens is 304 g/mol. The number of primary amides is 1. The van der Waals surface area contributed by atoms with Gasteiger partial charge in [-0.1, -0.05) is 60.1 Å². The van der Waals surface area contributed by atoms with Crippen molar-refractivity contribution in [3.63, 3.8) is 0 Å². The smallest absolute Gasteiger partial charge is 0.242 e. The third-order valence-corrected chi connectivity index (χ3v) is 4.82. The average Bonchev–Trinajstić information content (AvgIpc) is 2.49. The zero-order valence-corrected chi connectivity index (χ0v) is 13.0. The molecule has 1 unspecified atom stereocenters. The van der Waals surface area contributed by atoms with Crippen LogP contribution in [-0.4, -0.2) is 11.7 Å². The van der Waals surface area contributed by atoms with Gasteiger partial charge in [0.05, 0.1) is 0 Å². The summed E-state index contributed by atoms with van der Waals surface area (Å²) in [6, 6.07) is 16.8. The van der Waals surface area contributed by atoms with Crippen molar-refractivity contribution >= 4 is 29.3 Å². The molecule has 3 nitrogen and oxygen atoms in total. The van der Waals surface area contributed by atoms with E-state index in [-0.39, 0.29) is 0 Å². The van der Waals surface area contributed by atoms with Gasteiger partial charge in [-0.15, -0.1) is 0 Å². The maximum Gasteiger partial charge on any atom is 0.242 e. The maximum absolute atomic E-state index is 11.8. The molecule has 0 saturated carbocycles. The standard InChI is InChI=1S/C16H17ClN2OS/c17-14-9-5-4-6-12(14)10-21-11-16(19,15(18)20)13-7-2-1-3-8-13/h1-9H,10-11,19H2,(H2,18,20). The van der Waals surface area contributed by atoms with E-state index in [1.807, 2.05) is 54.6 Å². The Labute approximate surface area is 133 Å². The van der Waals surface area contributed by atoms with Crippen LogP contribution in [0.25, 0.3) is 0 Å². The zero-order valence-electron chi connectivity index (χ0n) is 11.5. The van der Waals surface area contributed by atoms with E-state index < -0.39 is 11.4 Å². The summed E-state index contributed by atoms with van der Waals surface area (Å²) in [6.07, 6.45) is 0. The van der Waals surface area contributed by atoms with Gasteiger partial charge in [0, 0.05) is 16.5 Å². The molecule has 2 rings (SSSR count). The fourth-order valence-corrected chi connectivity index (χ4v) is 3.46. The molecule has 0 fully saturated rings. The molecule has 5 heteroatoms. The summed E-state index contributed by atoms with van der Waals surface area (Å²) in [4.78, 5) is 11.8. The van der Waals surface area contributed by atoms with Crippen LogP contribution in [0.1, 0.15) is 11.1 Å². The van der Waals surface area contributed by atoms with Gasteiger partial charge in [0.15, 0.2) is 0 Å². The quantitative estimate of drug-likeness (QED) is 0.859. The number of benzene rings is 2. The molecule has 0 bridgehead atoms. The summed E-state index contributed by atoms with van der Waals surface area (Å²) in [5.74, 6) is 0.552. The fourth-order valence-electron chi connectivity index (χ4n) is 1.97. The lowest BCUT2D eigenvalue weighted by molar-refractivity contribution is -0.122. The Morgan fingerprint density at radius 2 is 1.71 bits per heavy atom. The molecule has 0 spiro atoms. The van der Waals surface area contributed by atoms with E-state index >= 15 is 0 Å². The summed E-state index contributed by atoms with van der Waals surface area (Å²) in [7, 11) is 0. The average molecular weight is 321 g/mol. The van der Waals surface area contributed by atoms with Gasteiger partial charge in [-0.25, -0.2) is 0 Å². The molecule has 0 saturated heterocycles. The molecular formula is C16H17ClN2OS. The lowest BCUT2D eigenvalue weighted by Gasteiger charge is -2.26. The minimum absolute atomic E-state index is 0.400. The summed E-state index contributed by atoms with van der Waals surface area (Å²) in [5.41, 5.74) is 12.3. The Bertz CT molecular complexity index is 621. The molecule has 0 radical (unpaired) electrons. The molecule has 0 aliphatic carbocycles. The summed E-state index contributed by atoms with van der Waals surface area (Å²) in [6.45, 7) is 0. The van der Waals surface area contributed by atoms with Gasteiger partial charge in [-0.3, -0.25) is 4.79 Å². The normalized spacial score (nSPS) is 13.6. The Kier molecular flexibility index (Phi) is 5.28. The second-order valence-corrected chi connectivity index (χ2v) is 6.18. The lowest BCUT2D eigenvalue weighted by atomic mass is 9.92. The van der Waals surface area contributed by atoms with Crippen molar-refractivity contribution in [3.05, 3.63) is 70.7 Å². The highest BCUT2D eigenvalue weighted by Crippen LogP contribution is 2.27. The van der Waals surface area contributed by atoms with Crippen LogP contribution in [0.4, 0.5) is 0 Å². The molecule has 2 aromatic rings. The SMILES string of the molecule is NC(=O)C(N)(CSCc1ccccc1Cl)c1ccccc1. The second kappa shape index (κ2) is 6.98. The molecule has 21 heavy (non-hydrogen) atoms. The number of hydrogen-bond acceptors (Lipinski definition) is 3. The molecule has 0 aromatic heterocycles. The fraction of sp³-hybridized carbons (Fsp3) is 0.188. The third-order valence-electron chi connectivity index (χ3n) is 3.27. The molecule has 110 valence electrons. The monoisotopic (exact) mass is 320 g/mol. The number of nitrogens with two attached hydrogens (primary N) is 2. The molecule has 0 aliphatic rings. The number of rotatable bonds is 6. The van der Waals surface area contributed by atoms with Crippen LogP contribution in [0.5, 0.6) is 0 Å². The van der Waals surface area contributed by atoms with E-state index in [1.165, 1.54) is 0 Å². The van der Waals surface area contributed by atoms with Gasteiger partial charge in [0.2, 0.25) is 5.91 Å². The van der Waals surface area contributed by atoms with Crippen molar-refractivity contribution in [2.45, 2.75) is 11.3 Å². The summed E-state index contributed by atoms with van der Waals surface area (Å²) in [5, 5.41) is 0.714. The van der Waals surface area contributed by atoms with Gasteiger partial charge in [-0.2, -0.15) is 11.8 Å². The first-order valence-electron chi connectivity index (χ1n) is 6.49. The first-order valence-corrected chi connectivity index (χ1v) is 8.03. The van der Waals surface area contributed by atoms with E-state index in [9.17, 15) is 4.79 Å². The maximum atomic E-state index is 11.8. The van der Waals surface area contributed by atoms with Crippen molar-refractivity contribution in [2.75, 3.05) is 5.75 Å². The molecule has 4 N–H and O–H groups in total. The van der Waals surface area contributed by atoms with Crippen molar-refractivity contribution in [2.24, 2.45) is 11.5 Å². The number of carbonyl (C=O) groups excluding carboxylic acids is 1. The van der Waals surface area contributed by atoms with Crippen molar-refractivity contribution < 1.29 is 4.79 Å². The van der Waals surface area contributed by atoms with E-state index in [0.29, 0.717) is 16.5 Å². The van der Waals surface area contributed by atoms with Gasteiger partial charge >= 0.3 is 0 Å². The van der Waals surface area contributed by atoms with Gasteiger partial charge in [0.25, 0.3) is 0 Å². The van der Waals surface area contributed by atoms with Crippen LogP contribution < -0.4 is 11.5 Å². The van der Waals surface area contributed by atoms with Crippen molar-refractivity contribution in [3.8, 4) is 0 Å². The van der Waals surface area contributed by atoms with Gasteiger partial charge in [0.1, 0.15) is 5.54 Å². The first-order chi connectivity index (χ1) is 10.0. The number of carbonyl (C=O) groups is 1. The predicted octanol–water partition coefficient (Wildman–Crippen LogP) is 2.91. The van der Waals surface area contributed by atoms with Crippen molar-refractivity contribution in [1.82, 2.24) is 0 Å². The number of halogens is 1. The first kappa shape index (κ1) is 15.9. The van der Waals surface area contributed by atoms with Crippen LogP contribution in [-0.2, 0) is 16.1 Å². The van der Waals surface area contributed by atoms with Crippen LogP contribution in [0.3, 0.4) is 0 Å². The molecule has 1 amide bonds. The highest BCUT2D eigenvalue weighted by atomic mass is 35.5. The van der Waals surface area contributed by atoms with Gasteiger partial charge in [-0.05, 0) is 17.2 Å².